The van der Waals surface area contributed by atoms with Gasteiger partial charge in [-0.1, -0.05) is 0 Å². The van der Waals surface area contributed by atoms with Gasteiger partial charge in [0.05, 0.1) is 6.61 Å². The van der Waals surface area contributed by atoms with Gasteiger partial charge in [-0.3, -0.25) is 4.90 Å². The fourth-order valence-electron chi connectivity index (χ4n) is 1.48. The minimum absolute atomic E-state index is 0.389. The zero-order valence-electron chi connectivity index (χ0n) is 8.68. The Morgan fingerprint density at radius 3 is 2.53 bits per heavy atom. The van der Waals surface area contributed by atoms with Crippen molar-refractivity contribution in [2.24, 2.45) is 0 Å². The number of ether oxygens (including phenoxy) is 1. The van der Waals surface area contributed by atoms with Crippen molar-refractivity contribution in [1.29, 1.82) is 0 Å². The van der Waals surface area contributed by atoms with E-state index in [0.717, 1.165) is 6.92 Å². The number of β-amino-alcohol motifs (C(OH)–C–C–N with tert-alkyl or cyclic N) is 1. The fourth-order valence-corrected chi connectivity index (χ4v) is 1.48. The molecule has 15 heavy (non-hydrogen) atoms. The quantitative estimate of drug-likeness (QED) is 0.764. The van der Waals surface area contributed by atoms with E-state index in [1.807, 2.05) is 0 Å². The van der Waals surface area contributed by atoms with Crippen LogP contribution in [-0.2, 0) is 4.74 Å². The summed E-state index contributed by atoms with van der Waals surface area (Å²) in [4.78, 5) is 1.58. The van der Waals surface area contributed by atoms with Gasteiger partial charge in [-0.25, -0.2) is 0 Å². The summed E-state index contributed by atoms with van der Waals surface area (Å²) in [5, 5.41) is 9.29. The van der Waals surface area contributed by atoms with Gasteiger partial charge in [0.1, 0.15) is 0 Å². The molecule has 0 bridgehead atoms. The van der Waals surface area contributed by atoms with E-state index in [0.29, 0.717) is 32.7 Å². The van der Waals surface area contributed by atoms with E-state index in [2.05, 4.69) is 0 Å². The van der Waals surface area contributed by atoms with Gasteiger partial charge in [-0.2, -0.15) is 13.2 Å². The van der Waals surface area contributed by atoms with Crippen molar-refractivity contribution in [1.82, 2.24) is 4.90 Å². The average Bonchev–Trinajstić information content (AvgIpc) is 2.30. The zero-order chi connectivity index (χ0) is 11.5. The zero-order valence-corrected chi connectivity index (χ0v) is 8.68. The molecule has 1 rings (SSSR count). The van der Waals surface area contributed by atoms with E-state index in [-0.39, 0.29) is 6.54 Å². The van der Waals surface area contributed by atoms with Gasteiger partial charge in [0.2, 0.25) is 0 Å². The van der Waals surface area contributed by atoms with E-state index in [1.165, 1.54) is 0 Å². The van der Waals surface area contributed by atoms with E-state index in [4.69, 9.17) is 4.74 Å². The largest absolute Gasteiger partial charge is 0.418 e. The van der Waals surface area contributed by atoms with Crippen LogP contribution in [0.5, 0.6) is 0 Å². The highest BCUT2D eigenvalue weighted by atomic mass is 19.4. The Labute approximate surface area is 86.8 Å². The highest BCUT2D eigenvalue weighted by molar-refractivity contribution is 4.85. The van der Waals surface area contributed by atoms with Crippen LogP contribution in [0.15, 0.2) is 0 Å². The van der Waals surface area contributed by atoms with Gasteiger partial charge in [0.25, 0.3) is 0 Å². The second-order valence-corrected chi connectivity index (χ2v) is 4.01. The Bertz CT molecular complexity index is 198. The molecule has 0 aromatic carbocycles. The molecule has 1 aliphatic heterocycles. The summed E-state index contributed by atoms with van der Waals surface area (Å²) in [6.07, 6.45) is -3.88. The van der Waals surface area contributed by atoms with Crippen molar-refractivity contribution in [3.05, 3.63) is 0 Å². The maximum atomic E-state index is 12.4. The van der Waals surface area contributed by atoms with Gasteiger partial charge in [0, 0.05) is 26.2 Å². The molecule has 1 fully saturated rings. The summed E-state index contributed by atoms with van der Waals surface area (Å²) in [6.45, 7) is 2.38. The number of alkyl halides is 3. The maximum absolute atomic E-state index is 12.4. The van der Waals surface area contributed by atoms with E-state index < -0.39 is 11.8 Å². The number of halogens is 3. The molecule has 0 aromatic heterocycles. The van der Waals surface area contributed by atoms with Crippen LogP contribution in [0.25, 0.3) is 0 Å². The molecule has 0 aliphatic carbocycles. The molecule has 3 nitrogen and oxygen atoms in total. The highest BCUT2D eigenvalue weighted by Crippen LogP contribution is 2.30. The lowest BCUT2D eigenvalue weighted by atomic mass is 10.1. The summed E-state index contributed by atoms with van der Waals surface area (Å²) in [5.41, 5.74) is -2.64. The molecule has 0 saturated carbocycles. The molecule has 0 amide bonds. The third-order valence-corrected chi connectivity index (χ3v) is 2.46. The first-order valence-corrected chi connectivity index (χ1v) is 4.92. The average molecular weight is 227 g/mol. The van der Waals surface area contributed by atoms with Crippen LogP contribution in [0.3, 0.4) is 0 Å². The van der Waals surface area contributed by atoms with Crippen molar-refractivity contribution < 1.29 is 23.0 Å². The Hall–Kier alpha value is -0.330. The number of rotatable bonds is 2. The Morgan fingerprint density at radius 1 is 1.27 bits per heavy atom. The normalized spacial score (nSPS) is 24.6. The first-order chi connectivity index (χ1) is 6.83. The lowest BCUT2D eigenvalue weighted by Gasteiger charge is -2.32. The van der Waals surface area contributed by atoms with Crippen molar-refractivity contribution in [2.75, 3.05) is 32.8 Å². The Balaban J connectivity index is 2.51. The SMILES string of the molecule is C[C@@](O)(CN1CCCOCC1)C(F)(F)F. The molecule has 0 unspecified atom stereocenters. The molecule has 90 valence electrons. The van der Waals surface area contributed by atoms with E-state index in [9.17, 15) is 18.3 Å². The molecule has 0 aromatic rings. The third kappa shape index (κ3) is 3.62. The highest BCUT2D eigenvalue weighted by Gasteiger charge is 2.50. The first kappa shape index (κ1) is 12.7. The number of nitrogens with zero attached hydrogens (tertiary/aromatic N) is 1. The molecular formula is C9H16F3NO2. The summed E-state index contributed by atoms with van der Waals surface area (Å²) >= 11 is 0. The van der Waals surface area contributed by atoms with Crippen molar-refractivity contribution in [3.8, 4) is 0 Å². The second-order valence-electron chi connectivity index (χ2n) is 4.01. The van der Waals surface area contributed by atoms with Crippen LogP contribution in [0.4, 0.5) is 13.2 Å². The van der Waals surface area contributed by atoms with Crippen molar-refractivity contribution in [3.63, 3.8) is 0 Å². The summed E-state index contributed by atoms with van der Waals surface area (Å²) in [6, 6.07) is 0. The predicted molar refractivity (Wildman–Crippen MR) is 48.6 cm³/mol. The Kier molecular flexibility index (Phi) is 3.97. The van der Waals surface area contributed by atoms with Crippen LogP contribution in [0.1, 0.15) is 13.3 Å². The monoisotopic (exact) mass is 227 g/mol. The molecule has 1 heterocycles. The second kappa shape index (κ2) is 4.67. The van der Waals surface area contributed by atoms with Gasteiger partial charge >= 0.3 is 6.18 Å². The lowest BCUT2D eigenvalue weighted by Crippen LogP contribution is -2.51. The van der Waals surface area contributed by atoms with Gasteiger partial charge in [-0.05, 0) is 13.3 Å². The standard InChI is InChI=1S/C9H16F3NO2/c1-8(14,9(10,11)12)7-13-3-2-5-15-6-4-13/h14H,2-7H2,1H3/t8-/m1/s1. The number of aliphatic hydroxyl groups is 1. The van der Waals surface area contributed by atoms with Crippen LogP contribution in [0.2, 0.25) is 0 Å². The number of hydrogen-bond donors (Lipinski definition) is 1. The van der Waals surface area contributed by atoms with Crippen LogP contribution < -0.4 is 0 Å². The molecule has 1 atom stereocenters. The lowest BCUT2D eigenvalue weighted by molar-refractivity contribution is -0.257. The minimum Gasteiger partial charge on any atom is -0.380 e. The molecule has 1 N–H and O–H groups in total. The summed E-state index contributed by atoms with van der Waals surface area (Å²) in [5.74, 6) is 0. The fraction of sp³-hybridized carbons (Fsp3) is 1.00. The van der Waals surface area contributed by atoms with Crippen LogP contribution in [-0.4, -0.2) is 54.6 Å². The minimum atomic E-state index is -4.58. The molecule has 6 heteroatoms. The van der Waals surface area contributed by atoms with E-state index in [1.54, 1.807) is 4.90 Å². The molecule has 0 radical (unpaired) electrons. The molecule has 1 aliphatic rings. The summed E-state index contributed by atoms with van der Waals surface area (Å²) in [7, 11) is 0. The van der Waals surface area contributed by atoms with Crippen molar-refractivity contribution >= 4 is 0 Å². The van der Waals surface area contributed by atoms with Gasteiger partial charge in [-0.15, -0.1) is 0 Å². The number of hydrogen-bond acceptors (Lipinski definition) is 3. The van der Waals surface area contributed by atoms with Gasteiger partial charge < -0.3 is 9.84 Å². The third-order valence-electron chi connectivity index (χ3n) is 2.46. The molecule has 0 spiro atoms. The van der Waals surface area contributed by atoms with Gasteiger partial charge in [0.15, 0.2) is 5.60 Å². The topological polar surface area (TPSA) is 32.7 Å². The first-order valence-electron chi connectivity index (χ1n) is 4.92. The maximum Gasteiger partial charge on any atom is 0.418 e. The predicted octanol–water partition coefficient (Wildman–Crippen LogP) is 1.02. The smallest absolute Gasteiger partial charge is 0.380 e. The molecule has 1 saturated heterocycles. The van der Waals surface area contributed by atoms with Crippen LogP contribution >= 0.6 is 0 Å². The molecular weight excluding hydrogens is 211 g/mol. The Morgan fingerprint density at radius 2 is 1.93 bits per heavy atom. The summed E-state index contributed by atoms with van der Waals surface area (Å²) < 4.78 is 42.3. The van der Waals surface area contributed by atoms with Crippen LogP contribution in [0, 0.1) is 0 Å². The van der Waals surface area contributed by atoms with E-state index >= 15 is 0 Å². The van der Waals surface area contributed by atoms with Crippen molar-refractivity contribution in [2.45, 2.75) is 25.1 Å².